The van der Waals surface area contributed by atoms with Gasteiger partial charge in [-0.15, -0.1) is 0 Å². The van der Waals surface area contributed by atoms with Crippen LogP contribution in [0.1, 0.15) is 46.9 Å². The Morgan fingerprint density at radius 3 is 1.62 bits per heavy atom. The normalized spacial score (nSPS) is 11.1. The fourth-order valence-electron chi connectivity index (χ4n) is 7.92. The number of benzene rings is 4. The van der Waals surface area contributed by atoms with Crippen molar-refractivity contribution in [2.24, 2.45) is 0 Å². The second kappa shape index (κ2) is 17.9. The summed E-state index contributed by atoms with van der Waals surface area (Å²) in [6, 6.07) is 24.7. The van der Waals surface area contributed by atoms with Crippen molar-refractivity contribution in [3.63, 3.8) is 0 Å². The van der Waals surface area contributed by atoms with Gasteiger partial charge in [0, 0.05) is 0 Å². The summed E-state index contributed by atoms with van der Waals surface area (Å²) in [6.45, 7) is 8.13. The second-order valence-corrected chi connectivity index (χ2v) is 14.9. The molecule has 0 aliphatic rings. The van der Waals surface area contributed by atoms with Gasteiger partial charge in [0.1, 0.15) is 35.3 Å². The van der Waals surface area contributed by atoms with Gasteiger partial charge in [0.15, 0.2) is 22.9 Å². The van der Waals surface area contributed by atoms with E-state index in [2.05, 4.69) is 29.9 Å². The number of anilines is 2. The first-order valence-electron chi connectivity index (χ1n) is 19.6. The molecule has 0 fully saturated rings. The first-order chi connectivity index (χ1) is 30.0. The third-order valence-electron chi connectivity index (χ3n) is 10.9. The molecule has 6 aromatic heterocycles. The fourth-order valence-corrected chi connectivity index (χ4v) is 7.92. The van der Waals surface area contributed by atoms with E-state index in [1.165, 1.54) is 12.7 Å². The van der Waals surface area contributed by atoms with Crippen molar-refractivity contribution in [3.05, 3.63) is 164 Å². The topological polar surface area (TPSA) is 229 Å². The summed E-state index contributed by atoms with van der Waals surface area (Å²) >= 11 is 0. The molecule has 0 saturated carbocycles. The molecule has 324 valence electrons. The van der Waals surface area contributed by atoms with Crippen LogP contribution < -0.4 is 22.6 Å². The molecule has 0 bridgehead atoms. The number of nitrogens with two attached hydrogens (primary N) is 2. The molecular weight excluding hydrogens is 829 g/mol. The van der Waals surface area contributed by atoms with Crippen molar-refractivity contribution < 1.29 is 5.11 Å². The van der Waals surface area contributed by atoms with E-state index in [-0.39, 0.29) is 45.2 Å². The fraction of sp³-hybridized carbons (Fsp3) is 0.174. The van der Waals surface area contributed by atoms with Gasteiger partial charge < -0.3 is 25.7 Å². The Balaban J connectivity index is 0.000000186. The van der Waals surface area contributed by atoms with Crippen molar-refractivity contribution in [2.75, 3.05) is 11.5 Å². The van der Waals surface area contributed by atoms with Gasteiger partial charge in [-0.05, 0) is 73.7 Å². The third kappa shape index (κ3) is 7.68. The van der Waals surface area contributed by atoms with E-state index in [9.17, 15) is 14.7 Å². The molecule has 0 spiro atoms. The molecule has 64 heavy (non-hydrogen) atoms. The van der Waals surface area contributed by atoms with Gasteiger partial charge in [-0.3, -0.25) is 18.7 Å². The van der Waals surface area contributed by atoms with Gasteiger partial charge >= 0.3 is 0 Å². The maximum Gasteiger partial charge on any atom is 0.266 e. The molecule has 0 saturated heterocycles. The highest BCUT2D eigenvalue weighted by atomic mass is 32.1. The summed E-state index contributed by atoms with van der Waals surface area (Å²) in [7, 11) is 0. The smallest absolute Gasteiger partial charge is 0.266 e. The molecule has 0 atom stereocenters. The highest BCUT2D eigenvalue weighted by Gasteiger charge is 2.21. The van der Waals surface area contributed by atoms with Gasteiger partial charge in [0.2, 0.25) is 0 Å². The second-order valence-electron chi connectivity index (χ2n) is 14.9. The Labute approximate surface area is 373 Å². The summed E-state index contributed by atoms with van der Waals surface area (Å²) in [5.41, 5.74) is 20.8. The summed E-state index contributed by atoms with van der Waals surface area (Å²) in [5, 5.41) is 10.9. The molecule has 0 radical (unpaired) electrons. The number of aryl methyl sites for hydroxylation is 4. The Kier molecular flexibility index (Phi) is 12.4. The van der Waals surface area contributed by atoms with Crippen molar-refractivity contribution in [1.29, 1.82) is 0 Å². The van der Waals surface area contributed by atoms with E-state index in [4.69, 9.17) is 21.4 Å². The lowest BCUT2D eigenvalue weighted by Gasteiger charge is -2.18. The van der Waals surface area contributed by atoms with Crippen LogP contribution in [0.5, 0.6) is 0 Å². The molecule has 0 aliphatic heterocycles. The quantitative estimate of drug-likeness (QED) is 0.173. The van der Waals surface area contributed by atoms with E-state index in [0.717, 1.165) is 33.6 Å². The van der Waals surface area contributed by atoms with Crippen LogP contribution in [0.4, 0.5) is 11.6 Å². The van der Waals surface area contributed by atoms with Crippen LogP contribution in [-0.4, -0.2) is 63.2 Å². The first kappa shape index (κ1) is 44.2. The summed E-state index contributed by atoms with van der Waals surface area (Å²) < 4.78 is 6.93. The van der Waals surface area contributed by atoms with Gasteiger partial charge in [0.05, 0.1) is 65.5 Å². The minimum absolute atomic E-state index is 0. The molecular formula is C46H46N14O3S. The average molecular weight is 875 g/mol. The van der Waals surface area contributed by atoms with Gasteiger partial charge in [-0.2, -0.15) is 13.5 Å². The number of aliphatic hydroxyl groups excluding tert-OH is 1. The summed E-state index contributed by atoms with van der Waals surface area (Å²) in [6.07, 6.45) is 6.05. The molecule has 0 aliphatic carbocycles. The molecule has 17 nitrogen and oxygen atoms in total. The number of aromatic nitrogens is 12. The maximum atomic E-state index is 13.8. The minimum atomic E-state index is -0.247. The van der Waals surface area contributed by atoms with Crippen LogP contribution in [0, 0.1) is 27.7 Å². The van der Waals surface area contributed by atoms with Gasteiger partial charge in [-0.25, -0.2) is 39.9 Å². The number of hydrogen-bond donors (Lipinski definition) is 3. The molecule has 4 aromatic carbocycles. The summed E-state index contributed by atoms with van der Waals surface area (Å²) in [5.74, 6) is 1.72. The SMILES string of the molecule is C.Cc1cccc(C)c1-n1c(Cn2cnc3c(N)ncnc32)nc2cccc(CO)c2c1=O.Cc1ccccc1-n1c(Cn2cnc3c(N)ncnc32)nc2cccc(C)c2c1=O.S. The van der Waals surface area contributed by atoms with Crippen molar-refractivity contribution in [3.8, 4) is 11.4 Å². The Morgan fingerprint density at radius 2 is 1.05 bits per heavy atom. The zero-order valence-electron chi connectivity index (χ0n) is 34.7. The van der Waals surface area contributed by atoms with Crippen molar-refractivity contribution >= 4 is 69.3 Å². The van der Waals surface area contributed by atoms with Crippen LogP contribution in [-0.2, 0) is 19.7 Å². The predicted molar refractivity (Wildman–Crippen MR) is 254 cm³/mol. The van der Waals surface area contributed by atoms with E-state index in [1.807, 2.05) is 92.9 Å². The molecule has 0 amide bonds. The van der Waals surface area contributed by atoms with Crippen LogP contribution in [0.25, 0.3) is 55.5 Å². The Morgan fingerprint density at radius 1 is 0.562 bits per heavy atom. The number of imidazole rings is 2. The van der Waals surface area contributed by atoms with E-state index >= 15 is 0 Å². The molecule has 6 heterocycles. The zero-order chi connectivity index (χ0) is 43.2. The lowest BCUT2D eigenvalue weighted by atomic mass is 10.1. The van der Waals surface area contributed by atoms with Crippen molar-refractivity contribution in [2.45, 2.75) is 54.8 Å². The largest absolute Gasteiger partial charge is 0.392 e. The summed E-state index contributed by atoms with van der Waals surface area (Å²) in [4.78, 5) is 62.4. The monoisotopic (exact) mass is 874 g/mol. The first-order valence-corrected chi connectivity index (χ1v) is 19.6. The maximum absolute atomic E-state index is 13.8. The van der Waals surface area contributed by atoms with Crippen molar-refractivity contribution in [1.82, 2.24) is 58.1 Å². The lowest BCUT2D eigenvalue weighted by Crippen LogP contribution is -2.27. The molecule has 10 aromatic rings. The number of aliphatic hydroxyl groups is 1. The predicted octanol–water partition coefficient (Wildman–Crippen LogP) is 5.79. The number of hydrogen-bond acceptors (Lipinski definition) is 13. The molecule has 18 heteroatoms. The Hall–Kier alpha value is -7.83. The zero-order valence-corrected chi connectivity index (χ0v) is 35.7. The number of nitrogens with zero attached hydrogens (tertiary/aromatic N) is 12. The number of fused-ring (bicyclic) bond motifs is 4. The number of para-hydroxylation sites is 2. The number of rotatable bonds is 7. The average Bonchev–Trinajstić information content (AvgIpc) is 3.87. The minimum Gasteiger partial charge on any atom is -0.392 e. The number of nitrogen functional groups attached to an aromatic ring is 2. The van der Waals surface area contributed by atoms with Crippen LogP contribution in [0.15, 0.2) is 114 Å². The highest BCUT2D eigenvalue weighted by Crippen LogP contribution is 2.25. The Bertz CT molecular complexity index is 3480. The lowest BCUT2D eigenvalue weighted by molar-refractivity contribution is 0.283. The van der Waals surface area contributed by atoms with E-state index < -0.39 is 0 Å². The standard InChI is InChI=1S/C23H21N7O2.C22H19N7O.CH4.H2S/c1-13-5-3-6-14(2)20(13)30-17(9-29-12-27-19-21(24)25-11-26-22(19)29)28-16-8-4-7-15(10-31)18(16)23(30)32;1-13-6-3-4-9-16(13)29-17(27-15-8-5-7-14(2)18(15)22(29)30)10-28-12-26-19-20(23)24-11-25-21(19)28;;/h3-8,11-12,31H,9-10H2,1-2H3,(H2,24,25,26);3-9,11-12H,10H2,1-2H3,(H2,23,24,25);1H4;1H2. The molecule has 10 rings (SSSR count). The van der Waals surface area contributed by atoms with Gasteiger partial charge in [0.25, 0.3) is 11.1 Å². The van der Waals surface area contributed by atoms with E-state index in [0.29, 0.717) is 79.5 Å². The van der Waals surface area contributed by atoms with Gasteiger partial charge in [-0.1, -0.05) is 68.1 Å². The van der Waals surface area contributed by atoms with Crippen LogP contribution in [0.3, 0.4) is 0 Å². The highest BCUT2D eigenvalue weighted by molar-refractivity contribution is 7.59. The molecule has 5 N–H and O–H groups in total. The van der Waals surface area contributed by atoms with Crippen LogP contribution >= 0.6 is 13.5 Å². The third-order valence-corrected chi connectivity index (χ3v) is 10.9. The van der Waals surface area contributed by atoms with E-state index in [1.54, 1.807) is 44.6 Å². The molecule has 0 unspecified atom stereocenters. The van der Waals surface area contributed by atoms with Crippen LogP contribution in [0.2, 0.25) is 0 Å².